The molecule has 1 rings (SSSR count). The van der Waals surface area contributed by atoms with Gasteiger partial charge in [-0.3, -0.25) is 4.79 Å². The largest absolute Gasteiger partial charge is 0.412 e. The molecule has 0 spiro atoms. The quantitative estimate of drug-likeness (QED) is 0.583. The third-order valence-electron chi connectivity index (χ3n) is 4.57. The summed E-state index contributed by atoms with van der Waals surface area (Å²) in [5, 5.41) is 0.206. The van der Waals surface area contributed by atoms with Gasteiger partial charge in [-0.1, -0.05) is 26.8 Å². The molecule has 0 aliphatic carbocycles. The minimum Gasteiger partial charge on any atom is -0.412 e. The summed E-state index contributed by atoms with van der Waals surface area (Å²) in [4.78, 5) is 13.8. The zero-order valence-electron chi connectivity index (χ0n) is 13.3. The second kappa shape index (κ2) is 5.79. The van der Waals surface area contributed by atoms with Gasteiger partial charge in [-0.2, -0.15) is 0 Å². The zero-order chi connectivity index (χ0) is 14.8. The molecule has 1 fully saturated rings. The second-order valence-electron chi connectivity index (χ2n) is 7.03. The van der Waals surface area contributed by atoms with E-state index in [1.165, 1.54) is 0 Å². The Hall–Kier alpha value is -0.613. The fourth-order valence-corrected chi connectivity index (χ4v) is 3.62. The summed E-state index contributed by atoms with van der Waals surface area (Å²) in [6.45, 7) is 17.7. The molecule has 1 heterocycles. The Balaban J connectivity index is 2.79. The maximum Gasteiger partial charge on any atom is 0.223 e. The predicted molar refractivity (Wildman–Crippen MR) is 82.7 cm³/mol. The first-order valence-corrected chi connectivity index (χ1v) is 10.1. The molecular formula is C15H29NO2Si. The van der Waals surface area contributed by atoms with Crippen molar-refractivity contribution in [2.45, 2.75) is 70.8 Å². The summed E-state index contributed by atoms with van der Waals surface area (Å²) in [6.07, 6.45) is 3.40. The van der Waals surface area contributed by atoms with Gasteiger partial charge in [-0.05, 0) is 31.5 Å². The minimum absolute atomic E-state index is 0.147. The van der Waals surface area contributed by atoms with Gasteiger partial charge >= 0.3 is 0 Å². The number of rotatable bonds is 4. The molecule has 0 aromatic rings. The second-order valence-corrected chi connectivity index (χ2v) is 11.8. The van der Waals surface area contributed by atoms with Crippen LogP contribution < -0.4 is 0 Å². The van der Waals surface area contributed by atoms with E-state index in [4.69, 9.17) is 4.43 Å². The molecule has 0 bridgehead atoms. The number of amides is 1. The van der Waals surface area contributed by atoms with Gasteiger partial charge < -0.3 is 9.33 Å². The fraction of sp³-hybridized carbons (Fsp3) is 0.800. The van der Waals surface area contributed by atoms with Crippen LogP contribution in [0, 0.1) is 0 Å². The van der Waals surface area contributed by atoms with Crippen LogP contribution in [0.4, 0.5) is 0 Å². The van der Waals surface area contributed by atoms with Crippen LogP contribution in [-0.2, 0) is 9.22 Å². The van der Waals surface area contributed by atoms with Crippen LogP contribution in [0.2, 0.25) is 18.1 Å². The highest BCUT2D eigenvalue weighted by molar-refractivity contribution is 6.74. The number of piperidine rings is 1. The molecule has 2 atom stereocenters. The fourth-order valence-electron chi connectivity index (χ4n) is 2.20. The zero-order valence-corrected chi connectivity index (χ0v) is 14.3. The Bertz CT molecular complexity index is 347. The van der Waals surface area contributed by atoms with Gasteiger partial charge in [0.05, 0.1) is 12.1 Å². The van der Waals surface area contributed by atoms with Gasteiger partial charge in [-0.25, -0.2) is 0 Å². The molecule has 0 aromatic carbocycles. The number of carbonyl (C=O) groups is 1. The van der Waals surface area contributed by atoms with Crippen molar-refractivity contribution in [2.24, 2.45) is 0 Å². The number of hydrogen-bond acceptors (Lipinski definition) is 2. The van der Waals surface area contributed by atoms with Gasteiger partial charge in [0.1, 0.15) is 0 Å². The van der Waals surface area contributed by atoms with Gasteiger partial charge in [0.25, 0.3) is 0 Å². The molecule has 19 heavy (non-hydrogen) atoms. The highest BCUT2D eigenvalue weighted by Crippen LogP contribution is 2.39. The summed E-state index contributed by atoms with van der Waals surface area (Å²) >= 11 is 0. The first kappa shape index (κ1) is 16.4. The minimum atomic E-state index is -1.77. The Labute approximate surface area is 119 Å². The molecule has 0 N–H and O–H groups in total. The van der Waals surface area contributed by atoms with Crippen molar-refractivity contribution >= 4 is 14.2 Å². The molecule has 110 valence electrons. The van der Waals surface area contributed by atoms with Crippen LogP contribution in [0.5, 0.6) is 0 Å². The lowest BCUT2D eigenvalue weighted by molar-refractivity contribution is -0.139. The van der Waals surface area contributed by atoms with Crippen molar-refractivity contribution in [1.29, 1.82) is 0 Å². The molecule has 0 aromatic heterocycles. The predicted octanol–water partition coefficient (Wildman–Crippen LogP) is 3.57. The summed E-state index contributed by atoms with van der Waals surface area (Å²) in [6, 6.07) is 0.147. The number of carbonyl (C=O) groups excluding carboxylic acids is 1. The maximum absolute atomic E-state index is 11.9. The van der Waals surface area contributed by atoms with Gasteiger partial charge in [0, 0.05) is 13.0 Å². The van der Waals surface area contributed by atoms with E-state index in [0.717, 1.165) is 6.42 Å². The first-order valence-electron chi connectivity index (χ1n) is 7.18. The molecule has 2 unspecified atom stereocenters. The highest BCUT2D eigenvalue weighted by Gasteiger charge is 2.42. The van der Waals surface area contributed by atoms with Crippen molar-refractivity contribution in [1.82, 2.24) is 4.90 Å². The molecule has 3 nitrogen and oxygen atoms in total. The molecule has 1 amide bonds. The van der Waals surface area contributed by atoms with Crippen LogP contribution in [-0.4, -0.2) is 37.8 Å². The van der Waals surface area contributed by atoms with Crippen molar-refractivity contribution < 1.29 is 9.22 Å². The summed E-state index contributed by atoms with van der Waals surface area (Å²) in [5.41, 5.74) is 0. The van der Waals surface area contributed by atoms with E-state index in [2.05, 4.69) is 47.4 Å². The lowest BCUT2D eigenvalue weighted by atomic mass is 10.00. The number of nitrogens with zero attached hydrogens (tertiary/aromatic N) is 1. The molecular weight excluding hydrogens is 254 g/mol. The lowest BCUT2D eigenvalue weighted by Crippen LogP contribution is -2.55. The number of hydrogen-bond donors (Lipinski definition) is 0. The van der Waals surface area contributed by atoms with Crippen LogP contribution in [0.15, 0.2) is 12.7 Å². The standard InChI is InChI=1S/C15H29NO2Si/c1-8-11-16-12(2)13(9-10-14(16)17)18-19(6,7)15(3,4)5/h8,12-13H,1,9-11H2,2-7H3. The van der Waals surface area contributed by atoms with Crippen molar-refractivity contribution in [3.05, 3.63) is 12.7 Å². The van der Waals surface area contributed by atoms with Gasteiger partial charge in [0.15, 0.2) is 8.32 Å². The third-order valence-corrected chi connectivity index (χ3v) is 9.08. The van der Waals surface area contributed by atoms with E-state index in [1.807, 2.05) is 4.90 Å². The molecule has 0 saturated carbocycles. The Morgan fingerprint density at radius 3 is 2.53 bits per heavy atom. The van der Waals surface area contributed by atoms with Gasteiger partial charge in [0.2, 0.25) is 5.91 Å². The van der Waals surface area contributed by atoms with E-state index >= 15 is 0 Å². The van der Waals surface area contributed by atoms with Crippen LogP contribution in [0.3, 0.4) is 0 Å². The van der Waals surface area contributed by atoms with E-state index in [-0.39, 0.29) is 23.1 Å². The molecule has 1 saturated heterocycles. The van der Waals surface area contributed by atoms with E-state index in [1.54, 1.807) is 6.08 Å². The Morgan fingerprint density at radius 2 is 2.05 bits per heavy atom. The van der Waals surface area contributed by atoms with Crippen LogP contribution >= 0.6 is 0 Å². The first-order chi connectivity index (χ1) is 8.60. The third kappa shape index (κ3) is 3.69. The Morgan fingerprint density at radius 1 is 1.47 bits per heavy atom. The Kier molecular flexibility index (Phi) is 5.01. The van der Waals surface area contributed by atoms with Crippen molar-refractivity contribution in [3.63, 3.8) is 0 Å². The van der Waals surface area contributed by atoms with Crippen molar-refractivity contribution in [2.75, 3.05) is 6.54 Å². The van der Waals surface area contributed by atoms with Crippen molar-refractivity contribution in [3.8, 4) is 0 Å². The normalized spacial score (nSPS) is 25.6. The molecule has 1 aliphatic heterocycles. The molecule has 0 radical (unpaired) electrons. The van der Waals surface area contributed by atoms with E-state index in [9.17, 15) is 4.79 Å². The lowest BCUT2D eigenvalue weighted by Gasteiger charge is -2.45. The van der Waals surface area contributed by atoms with Crippen LogP contribution in [0.25, 0.3) is 0 Å². The van der Waals surface area contributed by atoms with Crippen LogP contribution in [0.1, 0.15) is 40.5 Å². The smallest absolute Gasteiger partial charge is 0.223 e. The van der Waals surface area contributed by atoms with E-state index in [0.29, 0.717) is 13.0 Å². The average molecular weight is 283 g/mol. The highest BCUT2D eigenvalue weighted by atomic mass is 28.4. The monoisotopic (exact) mass is 283 g/mol. The van der Waals surface area contributed by atoms with Gasteiger partial charge in [-0.15, -0.1) is 6.58 Å². The molecule has 4 heteroatoms. The average Bonchev–Trinajstić information content (AvgIpc) is 2.26. The topological polar surface area (TPSA) is 29.5 Å². The summed E-state index contributed by atoms with van der Waals surface area (Å²) in [5.74, 6) is 0.225. The molecule has 1 aliphatic rings. The summed E-state index contributed by atoms with van der Waals surface area (Å²) < 4.78 is 6.49. The van der Waals surface area contributed by atoms with E-state index < -0.39 is 8.32 Å². The maximum atomic E-state index is 11.9. The SMILES string of the molecule is C=CCN1C(=O)CCC(O[Si](C)(C)C(C)(C)C)C1C. The number of likely N-dealkylation sites (tertiary alicyclic amines) is 1. The summed E-state index contributed by atoms with van der Waals surface area (Å²) in [7, 11) is -1.77.